The summed E-state index contributed by atoms with van der Waals surface area (Å²) in [5.74, 6) is 0. The van der Waals surface area contributed by atoms with Crippen LogP contribution in [-0.2, 0) is 9.47 Å². The molecule has 2 heteroatoms. The Morgan fingerprint density at radius 3 is 2.56 bits per heavy atom. The maximum absolute atomic E-state index is 4.95. The van der Waals surface area contributed by atoms with E-state index >= 15 is 0 Å². The molecule has 0 saturated heterocycles. The van der Waals surface area contributed by atoms with E-state index < -0.39 is 0 Å². The quantitative estimate of drug-likeness (QED) is 0.411. The van der Waals surface area contributed by atoms with Gasteiger partial charge < -0.3 is 9.47 Å². The van der Waals surface area contributed by atoms with E-state index in [0.29, 0.717) is 6.61 Å². The fraction of sp³-hybridized carbons (Fsp3) is 0.429. The Morgan fingerprint density at radius 2 is 2.22 bits per heavy atom. The number of methoxy groups -OCH3 is 1. The summed E-state index contributed by atoms with van der Waals surface area (Å²) in [6.07, 6.45) is 2.99. The van der Waals surface area contributed by atoms with E-state index in [-0.39, 0.29) is 6.10 Å². The fourth-order valence-electron chi connectivity index (χ4n) is 0.451. The van der Waals surface area contributed by atoms with E-state index in [1.165, 1.54) is 6.26 Å². The Kier molecular flexibility index (Phi) is 4.92. The van der Waals surface area contributed by atoms with Crippen LogP contribution in [-0.4, -0.2) is 19.8 Å². The van der Waals surface area contributed by atoms with Crippen LogP contribution in [0.5, 0.6) is 0 Å². The zero-order valence-electron chi connectivity index (χ0n) is 5.67. The molecule has 0 aliphatic rings. The predicted molar refractivity (Wildman–Crippen MR) is 37.1 cm³/mol. The molecule has 52 valence electrons. The summed E-state index contributed by atoms with van der Waals surface area (Å²) in [7, 11) is 1.61. The summed E-state index contributed by atoms with van der Waals surface area (Å²) in [6, 6.07) is 0. The van der Waals surface area contributed by atoms with Crippen molar-refractivity contribution in [2.24, 2.45) is 0 Å². The molecule has 9 heavy (non-hydrogen) atoms. The molecule has 0 radical (unpaired) electrons. The van der Waals surface area contributed by atoms with E-state index in [0.717, 1.165) is 0 Å². The van der Waals surface area contributed by atoms with Crippen molar-refractivity contribution in [1.29, 1.82) is 0 Å². The zero-order chi connectivity index (χ0) is 7.11. The first-order chi connectivity index (χ1) is 4.35. The van der Waals surface area contributed by atoms with Gasteiger partial charge in [0.2, 0.25) is 0 Å². The zero-order valence-corrected chi connectivity index (χ0v) is 5.67. The summed E-state index contributed by atoms with van der Waals surface area (Å²) in [6.45, 7) is 7.47. The van der Waals surface area contributed by atoms with E-state index in [1.807, 2.05) is 0 Å². The highest BCUT2D eigenvalue weighted by atomic mass is 16.5. The molecule has 0 rings (SSSR count). The highest BCUT2D eigenvalue weighted by molar-refractivity contribution is 4.80. The Hall–Kier alpha value is -0.760. The maximum atomic E-state index is 4.95. The van der Waals surface area contributed by atoms with Crippen molar-refractivity contribution in [2.45, 2.75) is 6.10 Å². The third kappa shape index (κ3) is 3.79. The lowest BCUT2D eigenvalue weighted by atomic mass is 10.4. The van der Waals surface area contributed by atoms with Crippen molar-refractivity contribution in [3.63, 3.8) is 0 Å². The van der Waals surface area contributed by atoms with Crippen molar-refractivity contribution in [3.05, 3.63) is 25.5 Å². The van der Waals surface area contributed by atoms with Crippen molar-refractivity contribution < 1.29 is 9.47 Å². The first-order valence-electron chi connectivity index (χ1n) is 2.73. The molecule has 0 aromatic rings. The standard InChI is InChI=1S/C7H12O2/c1-4-7(6-8-3)9-5-2/h4-5,7H,1-2,6H2,3H3. The summed E-state index contributed by atoms with van der Waals surface area (Å²) >= 11 is 0. The molecule has 0 aromatic heterocycles. The number of hydrogen-bond acceptors (Lipinski definition) is 2. The minimum absolute atomic E-state index is 0.0625. The minimum atomic E-state index is -0.0625. The second kappa shape index (κ2) is 5.38. The van der Waals surface area contributed by atoms with Gasteiger partial charge in [0.05, 0.1) is 12.9 Å². The topological polar surface area (TPSA) is 18.5 Å². The lowest BCUT2D eigenvalue weighted by Gasteiger charge is -2.09. The molecule has 1 atom stereocenters. The Morgan fingerprint density at radius 1 is 1.56 bits per heavy atom. The van der Waals surface area contributed by atoms with Crippen LogP contribution in [0.2, 0.25) is 0 Å². The lowest BCUT2D eigenvalue weighted by molar-refractivity contribution is 0.0808. The van der Waals surface area contributed by atoms with Gasteiger partial charge in [-0.2, -0.15) is 0 Å². The lowest BCUT2D eigenvalue weighted by Crippen LogP contribution is -2.12. The Balaban J connectivity index is 3.40. The van der Waals surface area contributed by atoms with Gasteiger partial charge in [0, 0.05) is 7.11 Å². The smallest absolute Gasteiger partial charge is 0.139 e. The molecule has 0 spiro atoms. The number of ether oxygens (including phenoxy) is 2. The molecule has 0 bridgehead atoms. The van der Waals surface area contributed by atoms with Crippen LogP contribution < -0.4 is 0 Å². The van der Waals surface area contributed by atoms with Crippen LogP contribution in [0.25, 0.3) is 0 Å². The van der Waals surface area contributed by atoms with Crippen molar-refractivity contribution in [1.82, 2.24) is 0 Å². The van der Waals surface area contributed by atoms with E-state index in [9.17, 15) is 0 Å². The molecule has 0 fully saturated rings. The van der Waals surface area contributed by atoms with Crippen LogP contribution in [0.3, 0.4) is 0 Å². The summed E-state index contributed by atoms with van der Waals surface area (Å²) in [5, 5.41) is 0. The van der Waals surface area contributed by atoms with Crippen LogP contribution >= 0.6 is 0 Å². The van der Waals surface area contributed by atoms with Crippen LogP contribution in [0, 0.1) is 0 Å². The molecule has 2 nitrogen and oxygen atoms in total. The van der Waals surface area contributed by atoms with E-state index in [4.69, 9.17) is 9.47 Å². The monoisotopic (exact) mass is 128 g/mol. The van der Waals surface area contributed by atoms with Gasteiger partial charge in [-0.3, -0.25) is 0 Å². The average Bonchev–Trinajstić information content (AvgIpc) is 1.88. The summed E-state index contributed by atoms with van der Waals surface area (Å²) in [5.41, 5.74) is 0. The van der Waals surface area contributed by atoms with Gasteiger partial charge in [0.15, 0.2) is 0 Å². The third-order valence-corrected chi connectivity index (χ3v) is 0.865. The summed E-state index contributed by atoms with van der Waals surface area (Å²) < 4.78 is 9.76. The van der Waals surface area contributed by atoms with Gasteiger partial charge in [-0.05, 0) is 6.08 Å². The van der Waals surface area contributed by atoms with Crippen molar-refractivity contribution in [2.75, 3.05) is 13.7 Å². The van der Waals surface area contributed by atoms with Crippen LogP contribution in [0.4, 0.5) is 0 Å². The van der Waals surface area contributed by atoms with Gasteiger partial charge in [0.1, 0.15) is 6.10 Å². The SMILES string of the molecule is C=COC(C=C)COC. The highest BCUT2D eigenvalue weighted by Gasteiger charge is 1.98. The van der Waals surface area contributed by atoms with Gasteiger partial charge >= 0.3 is 0 Å². The van der Waals surface area contributed by atoms with Gasteiger partial charge in [0.25, 0.3) is 0 Å². The first kappa shape index (κ1) is 8.24. The molecule has 1 unspecified atom stereocenters. The van der Waals surface area contributed by atoms with Gasteiger partial charge in [-0.1, -0.05) is 13.2 Å². The largest absolute Gasteiger partial charge is 0.492 e. The predicted octanol–water partition coefficient (Wildman–Crippen LogP) is 1.35. The minimum Gasteiger partial charge on any atom is -0.492 e. The van der Waals surface area contributed by atoms with Gasteiger partial charge in [-0.25, -0.2) is 0 Å². The molecule has 0 amide bonds. The number of rotatable bonds is 5. The van der Waals surface area contributed by atoms with Crippen molar-refractivity contribution >= 4 is 0 Å². The average molecular weight is 128 g/mol. The van der Waals surface area contributed by atoms with E-state index in [1.54, 1.807) is 13.2 Å². The highest BCUT2D eigenvalue weighted by Crippen LogP contribution is 1.92. The van der Waals surface area contributed by atoms with E-state index in [2.05, 4.69) is 13.2 Å². The fourth-order valence-corrected chi connectivity index (χ4v) is 0.451. The maximum Gasteiger partial charge on any atom is 0.139 e. The Bertz CT molecular complexity index is 88.9. The van der Waals surface area contributed by atoms with Crippen LogP contribution in [0.15, 0.2) is 25.5 Å². The Labute approximate surface area is 55.8 Å². The normalized spacial score (nSPS) is 12.1. The molecule has 0 aliphatic heterocycles. The molecular formula is C7H12O2. The van der Waals surface area contributed by atoms with Crippen LogP contribution in [0.1, 0.15) is 0 Å². The molecule has 0 heterocycles. The number of hydrogen-bond donors (Lipinski definition) is 0. The molecule has 0 N–H and O–H groups in total. The molecule has 0 saturated carbocycles. The second-order valence-corrected chi connectivity index (χ2v) is 1.53. The molecule has 0 aromatic carbocycles. The second-order valence-electron chi connectivity index (χ2n) is 1.53. The van der Waals surface area contributed by atoms with Gasteiger partial charge in [-0.15, -0.1) is 0 Å². The molecule has 0 aliphatic carbocycles. The van der Waals surface area contributed by atoms with Crippen molar-refractivity contribution in [3.8, 4) is 0 Å². The first-order valence-corrected chi connectivity index (χ1v) is 2.73. The molecular weight excluding hydrogens is 116 g/mol. The third-order valence-electron chi connectivity index (χ3n) is 0.865. The summed E-state index contributed by atoms with van der Waals surface area (Å²) in [4.78, 5) is 0.